The molecule has 4 heteroatoms. The van der Waals surface area contributed by atoms with Crippen LogP contribution in [0.25, 0.3) is 0 Å². The van der Waals surface area contributed by atoms with E-state index in [4.69, 9.17) is 0 Å². The summed E-state index contributed by atoms with van der Waals surface area (Å²) in [5, 5.41) is 7.88. The van der Waals surface area contributed by atoms with Crippen molar-refractivity contribution in [2.24, 2.45) is 13.0 Å². The highest BCUT2D eigenvalue weighted by molar-refractivity contribution is 5.15. The van der Waals surface area contributed by atoms with Crippen LogP contribution in [-0.4, -0.2) is 40.4 Å². The second-order valence-electron chi connectivity index (χ2n) is 5.89. The molecule has 0 amide bonds. The molecule has 1 saturated heterocycles. The molecule has 0 spiro atoms. The number of aryl methyl sites for hydroxylation is 1. The SMILES string of the molecule is Cc1c(CNCC2CCN(C3CC3)C2)cnn1C. The number of nitrogens with zero attached hydrogens (tertiary/aromatic N) is 3. The van der Waals surface area contributed by atoms with Gasteiger partial charge in [-0.15, -0.1) is 0 Å². The van der Waals surface area contributed by atoms with Crippen LogP contribution in [0.2, 0.25) is 0 Å². The lowest BCUT2D eigenvalue weighted by atomic mass is 10.1. The van der Waals surface area contributed by atoms with Crippen LogP contribution >= 0.6 is 0 Å². The Balaban J connectivity index is 1.41. The predicted molar refractivity (Wildman–Crippen MR) is 72.4 cm³/mol. The van der Waals surface area contributed by atoms with Crippen molar-refractivity contribution in [3.63, 3.8) is 0 Å². The van der Waals surface area contributed by atoms with Gasteiger partial charge in [-0.3, -0.25) is 4.68 Å². The molecule has 18 heavy (non-hydrogen) atoms. The monoisotopic (exact) mass is 248 g/mol. The van der Waals surface area contributed by atoms with E-state index in [2.05, 4.69) is 22.2 Å². The molecule has 0 radical (unpaired) electrons. The lowest BCUT2D eigenvalue weighted by Gasteiger charge is -2.15. The van der Waals surface area contributed by atoms with Gasteiger partial charge in [-0.25, -0.2) is 0 Å². The largest absolute Gasteiger partial charge is 0.312 e. The molecule has 1 unspecified atom stereocenters. The van der Waals surface area contributed by atoms with E-state index in [9.17, 15) is 0 Å². The van der Waals surface area contributed by atoms with Crippen molar-refractivity contribution in [2.75, 3.05) is 19.6 Å². The van der Waals surface area contributed by atoms with E-state index in [0.29, 0.717) is 0 Å². The zero-order chi connectivity index (χ0) is 12.5. The summed E-state index contributed by atoms with van der Waals surface area (Å²) in [4.78, 5) is 2.68. The first-order valence-electron chi connectivity index (χ1n) is 7.16. The van der Waals surface area contributed by atoms with E-state index < -0.39 is 0 Å². The molecule has 1 aliphatic carbocycles. The molecule has 1 aliphatic heterocycles. The van der Waals surface area contributed by atoms with Crippen molar-refractivity contribution in [3.8, 4) is 0 Å². The summed E-state index contributed by atoms with van der Waals surface area (Å²) >= 11 is 0. The summed E-state index contributed by atoms with van der Waals surface area (Å²) in [5.74, 6) is 0.850. The smallest absolute Gasteiger partial charge is 0.0537 e. The quantitative estimate of drug-likeness (QED) is 0.853. The second kappa shape index (κ2) is 5.02. The summed E-state index contributed by atoms with van der Waals surface area (Å²) in [6, 6.07) is 0.940. The molecule has 1 aromatic rings. The Morgan fingerprint density at radius 3 is 2.89 bits per heavy atom. The van der Waals surface area contributed by atoms with Crippen LogP contribution in [0.5, 0.6) is 0 Å². The van der Waals surface area contributed by atoms with Crippen LogP contribution in [0.4, 0.5) is 0 Å². The minimum Gasteiger partial charge on any atom is -0.312 e. The first kappa shape index (κ1) is 12.2. The van der Waals surface area contributed by atoms with E-state index >= 15 is 0 Å². The van der Waals surface area contributed by atoms with E-state index in [1.165, 1.54) is 43.6 Å². The molecule has 4 nitrogen and oxygen atoms in total. The summed E-state index contributed by atoms with van der Waals surface area (Å²) < 4.78 is 1.95. The molecular formula is C14H24N4. The third-order valence-corrected chi connectivity index (χ3v) is 4.47. The molecule has 100 valence electrons. The minimum atomic E-state index is 0.850. The molecular weight excluding hydrogens is 224 g/mol. The first-order valence-corrected chi connectivity index (χ1v) is 7.16. The molecule has 3 rings (SSSR count). The van der Waals surface area contributed by atoms with Gasteiger partial charge in [-0.05, 0) is 45.2 Å². The maximum atomic E-state index is 4.28. The first-order chi connectivity index (χ1) is 8.74. The number of hydrogen-bond donors (Lipinski definition) is 1. The van der Waals surface area contributed by atoms with Crippen molar-refractivity contribution < 1.29 is 0 Å². The fraction of sp³-hybridized carbons (Fsp3) is 0.786. The summed E-state index contributed by atoms with van der Waals surface area (Å²) in [5.41, 5.74) is 2.60. The van der Waals surface area contributed by atoms with Crippen molar-refractivity contribution >= 4 is 0 Å². The molecule has 2 fully saturated rings. The number of nitrogens with one attached hydrogen (secondary N) is 1. The van der Waals surface area contributed by atoms with Crippen LogP contribution < -0.4 is 5.32 Å². The maximum Gasteiger partial charge on any atom is 0.0537 e. The zero-order valence-corrected chi connectivity index (χ0v) is 11.5. The Morgan fingerprint density at radius 1 is 1.39 bits per heavy atom. The number of rotatable bonds is 5. The third kappa shape index (κ3) is 2.59. The normalized spacial score (nSPS) is 24.9. The highest BCUT2D eigenvalue weighted by Crippen LogP contribution is 2.31. The number of hydrogen-bond acceptors (Lipinski definition) is 3. The fourth-order valence-corrected chi connectivity index (χ4v) is 2.93. The molecule has 1 saturated carbocycles. The van der Waals surface area contributed by atoms with Crippen molar-refractivity contribution in [3.05, 3.63) is 17.5 Å². The fourth-order valence-electron chi connectivity index (χ4n) is 2.93. The highest BCUT2D eigenvalue weighted by atomic mass is 15.3. The van der Waals surface area contributed by atoms with Gasteiger partial charge in [0.15, 0.2) is 0 Å². The van der Waals surface area contributed by atoms with Crippen LogP contribution in [0.3, 0.4) is 0 Å². The van der Waals surface area contributed by atoms with Gasteiger partial charge in [0.2, 0.25) is 0 Å². The molecule has 2 heterocycles. The Hall–Kier alpha value is -0.870. The minimum absolute atomic E-state index is 0.850. The molecule has 1 aromatic heterocycles. The van der Waals surface area contributed by atoms with Crippen molar-refractivity contribution in [1.82, 2.24) is 20.0 Å². The van der Waals surface area contributed by atoms with E-state index in [0.717, 1.165) is 25.0 Å². The molecule has 0 aromatic carbocycles. The van der Waals surface area contributed by atoms with Crippen LogP contribution in [0.1, 0.15) is 30.5 Å². The summed E-state index contributed by atoms with van der Waals surface area (Å²) in [7, 11) is 2.00. The van der Waals surface area contributed by atoms with Crippen molar-refractivity contribution in [1.29, 1.82) is 0 Å². The van der Waals surface area contributed by atoms with Gasteiger partial charge in [-0.1, -0.05) is 0 Å². The lowest BCUT2D eigenvalue weighted by molar-refractivity contribution is 0.312. The highest BCUT2D eigenvalue weighted by Gasteiger charge is 2.33. The Bertz CT molecular complexity index is 408. The Morgan fingerprint density at radius 2 is 2.22 bits per heavy atom. The molecule has 1 atom stereocenters. The lowest BCUT2D eigenvalue weighted by Crippen LogP contribution is -2.27. The average Bonchev–Trinajstić information content (AvgIpc) is 3.04. The second-order valence-corrected chi connectivity index (χ2v) is 5.89. The Kier molecular flexibility index (Phi) is 3.39. The van der Waals surface area contributed by atoms with E-state index in [-0.39, 0.29) is 0 Å². The predicted octanol–water partition coefficient (Wildman–Crippen LogP) is 1.30. The van der Waals surface area contributed by atoms with Crippen LogP contribution in [0, 0.1) is 12.8 Å². The number of aromatic nitrogens is 2. The zero-order valence-electron chi connectivity index (χ0n) is 11.5. The van der Waals surface area contributed by atoms with E-state index in [1.807, 2.05) is 17.9 Å². The topological polar surface area (TPSA) is 33.1 Å². The maximum absolute atomic E-state index is 4.28. The third-order valence-electron chi connectivity index (χ3n) is 4.47. The van der Waals surface area contributed by atoms with Gasteiger partial charge >= 0.3 is 0 Å². The van der Waals surface area contributed by atoms with Gasteiger partial charge in [-0.2, -0.15) is 5.10 Å². The van der Waals surface area contributed by atoms with Crippen LogP contribution in [-0.2, 0) is 13.6 Å². The van der Waals surface area contributed by atoms with Gasteiger partial charge < -0.3 is 10.2 Å². The van der Waals surface area contributed by atoms with Crippen molar-refractivity contribution in [2.45, 2.75) is 38.8 Å². The van der Waals surface area contributed by atoms with Crippen LogP contribution in [0.15, 0.2) is 6.20 Å². The summed E-state index contributed by atoms with van der Waals surface area (Å²) in [6.45, 7) is 6.87. The standard InChI is InChI=1S/C14H24N4/c1-11-13(9-16-17(11)2)8-15-7-12-5-6-18(10-12)14-3-4-14/h9,12,14-15H,3-8,10H2,1-2H3. The average molecular weight is 248 g/mol. The van der Waals surface area contributed by atoms with Gasteiger partial charge in [0, 0.05) is 37.4 Å². The molecule has 0 bridgehead atoms. The molecule has 1 N–H and O–H groups in total. The van der Waals surface area contributed by atoms with Gasteiger partial charge in [0.05, 0.1) is 6.20 Å². The van der Waals surface area contributed by atoms with Gasteiger partial charge in [0.25, 0.3) is 0 Å². The van der Waals surface area contributed by atoms with E-state index in [1.54, 1.807) is 0 Å². The Labute approximate surface area is 109 Å². The summed E-state index contributed by atoms with van der Waals surface area (Å²) in [6.07, 6.45) is 6.23. The molecule has 2 aliphatic rings. The van der Waals surface area contributed by atoms with Gasteiger partial charge in [0.1, 0.15) is 0 Å². The number of likely N-dealkylation sites (tertiary alicyclic amines) is 1.